The van der Waals surface area contributed by atoms with Gasteiger partial charge in [-0.05, 0) is 88.3 Å². The fraction of sp³-hybridized carbons (Fsp3) is 0.472. The monoisotopic (exact) mass is 554 g/mol. The first kappa shape index (κ1) is 29.2. The Labute approximate surface area is 246 Å². The molecule has 2 aliphatic rings. The molecule has 1 aliphatic carbocycles. The first-order valence-corrected chi connectivity index (χ1v) is 15.2. The lowest BCUT2D eigenvalue weighted by Gasteiger charge is -2.56. The van der Waals surface area contributed by atoms with Crippen molar-refractivity contribution in [2.24, 2.45) is 5.92 Å². The Morgan fingerprint density at radius 2 is 1.66 bits per heavy atom. The van der Waals surface area contributed by atoms with Crippen LogP contribution in [0.5, 0.6) is 11.5 Å². The predicted octanol–water partition coefficient (Wildman–Crippen LogP) is 6.76. The van der Waals surface area contributed by atoms with Crippen molar-refractivity contribution in [3.8, 4) is 11.5 Å². The van der Waals surface area contributed by atoms with Gasteiger partial charge in [-0.3, -0.25) is 9.69 Å². The lowest BCUT2D eigenvalue weighted by molar-refractivity contribution is -0.127. The van der Waals surface area contributed by atoms with Crippen LogP contribution in [0.3, 0.4) is 0 Å². The fourth-order valence-corrected chi connectivity index (χ4v) is 7.00. The Bertz CT molecular complexity index is 1290. The Kier molecular flexibility index (Phi) is 8.74. The summed E-state index contributed by atoms with van der Waals surface area (Å²) in [6.45, 7) is 13.1. The molecule has 1 N–H and O–H groups in total. The second kappa shape index (κ2) is 12.3. The zero-order valence-corrected chi connectivity index (χ0v) is 25.3. The first-order valence-electron chi connectivity index (χ1n) is 15.2. The molecule has 1 saturated carbocycles. The zero-order valence-electron chi connectivity index (χ0n) is 25.3. The minimum atomic E-state index is -0.610. The standard InChI is InChI=1S/C36H46N2O3/c1-26(2)41-33-18-12-15-29(21-33)36-23-30(37-34(39)35(4,5)28-13-8-6-9-14-28)22-31(24-36)38(25-27(36)3)19-20-40-32-16-10-7-11-17-32/h6-18,21,26-27,30-31H,19-20,22-25H2,1-5H3,(H,37,39)/t27-,30+,31+,36+/m0/s1. The first-order chi connectivity index (χ1) is 19.7. The van der Waals surface area contributed by atoms with Crippen molar-refractivity contribution < 1.29 is 14.3 Å². The number of carbonyl (C=O) groups excluding carboxylic acids is 1. The normalized spacial score (nSPS) is 24.6. The predicted molar refractivity (Wildman–Crippen MR) is 166 cm³/mol. The average molecular weight is 555 g/mol. The van der Waals surface area contributed by atoms with Crippen LogP contribution >= 0.6 is 0 Å². The summed E-state index contributed by atoms with van der Waals surface area (Å²) in [6, 6.07) is 29.3. The molecule has 218 valence electrons. The third-order valence-electron chi connectivity index (χ3n) is 9.30. The molecule has 5 nitrogen and oxygen atoms in total. The second-order valence-corrected chi connectivity index (χ2v) is 12.9. The molecular weight excluding hydrogens is 508 g/mol. The lowest BCUT2D eigenvalue weighted by atomic mass is 9.57. The lowest BCUT2D eigenvalue weighted by Crippen LogP contribution is -2.62. The van der Waals surface area contributed by atoms with Crippen molar-refractivity contribution in [2.75, 3.05) is 19.7 Å². The SMILES string of the molecule is CC(C)Oc1cccc([C@]23C[C@H](NC(=O)C(C)(C)c4ccccc4)C[C@H](C2)N(CCOc2ccccc2)C[C@@H]3C)c1. The van der Waals surface area contributed by atoms with E-state index in [4.69, 9.17) is 9.47 Å². The average Bonchev–Trinajstić information content (AvgIpc) is 2.96. The maximum absolute atomic E-state index is 13.8. The number of para-hydroxylation sites is 1. The number of fused-ring (bicyclic) bond motifs is 2. The number of benzene rings is 3. The van der Waals surface area contributed by atoms with Gasteiger partial charge in [0.2, 0.25) is 5.91 Å². The summed E-state index contributed by atoms with van der Waals surface area (Å²) in [7, 11) is 0. The molecule has 41 heavy (non-hydrogen) atoms. The minimum absolute atomic E-state index is 0.0368. The molecule has 5 rings (SSSR count). The number of piperidine rings is 1. The molecule has 4 atom stereocenters. The number of ether oxygens (including phenoxy) is 2. The summed E-state index contributed by atoms with van der Waals surface area (Å²) < 4.78 is 12.2. The molecular formula is C36H46N2O3. The molecule has 1 aliphatic heterocycles. The van der Waals surface area contributed by atoms with Gasteiger partial charge in [0.15, 0.2) is 0 Å². The molecule has 5 heteroatoms. The van der Waals surface area contributed by atoms with Gasteiger partial charge in [-0.2, -0.15) is 0 Å². The van der Waals surface area contributed by atoms with Gasteiger partial charge in [0.05, 0.1) is 11.5 Å². The number of hydrogen-bond acceptors (Lipinski definition) is 4. The number of nitrogens with one attached hydrogen (secondary N) is 1. The maximum atomic E-state index is 13.8. The number of carbonyl (C=O) groups is 1. The Morgan fingerprint density at radius 1 is 0.976 bits per heavy atom. The van der Waals surface area contributed by atoms with E-state index in [1.165, 1.54) is 5.56 Å². The van der Waals surface area contributed by atoms with Gasteiger partial charge in [-0.1, -0.05) is 67.6 Å². The Balaban J connectivity index is 1.39. The summed E-state index contributed by atoms with van der Waals surface area (Å²) in [5.74, 6) is 2.33. The van der Waals surface area contributed by atoms with E-state index in [1.807, 2.05) is 74.5 Å². The maximum Gasteiger partial charge on any atom is 0.230 e. The highest BCUT2D eigenvalue weighted by Crippen LogP contribution is 2.50. The van der Waals surface area contributed by atoms with Crippen LogP contribution in [-0.2, 0) is 15.6 Å². The zero-order chi connectivity index (χ0) is 29.0. The van der Waals surface area contributed by atoms with Crippen LogP contribution in [0.15, 0.2) is 84.9 Å². The van der Waals surface area contributed by atoms with E-state index in [1.54, 1.807) is 0 Å². The highest BCUT2D eigenvalue weighted by molar-refractivity contribution is 5.87. The van der Waals surface area contributed by atoms with E-state index in [-0.39, 0.29) is 23.5 Å². The quantitative estimate of drug-likeness (QED) is 0.301. The molecule has 0 radical (unpaired) electrons. The van der Waals surface area contributed by atoms with Gasteiger partial charge in [-0.25, -0.2) is 0 Å². The minimum Gasteiger partial charge on any atom is -0.492 e. The molecule has 3 aromatic rings. The summed E-state index contributed by atoms with van der Waals surface area (Å²) in [6.07, 6.45) is 3.07. The summed E-state index contributed by atoms with van der Waals surface area (Å²) >= 11 is 0. The van der Waals surface area contributed by atoms with Crippen molar-refractivity contribution >= 4 is 5.91 Å². The topological polar surface area (TPSA) is 50.8 Å². The van der Waals surface area contributed by atoms with E-state index >= 15 is 0 Å². The number of rotatable bonds is 10. The van der Waals surface area contributed by atoms with Gasteiger partial charge >= 0.3 is 0 Å². The summed E-state index contributed by atoms with van der Waals surface area (Å²) in [5.41, 5.74) is 1.72. The number of likely N-dealkylation sites (tertiary alicyclic amines) is 1. The van der Waals surface area contributed by atoms with E-state index in [0.29, 0.717) is 18.6 Å². The number of amides is 1. The number of hydrogen-bond donors (Lipinski definition) is 1. The molecule has 1 amide bonds. The van der Waals surface area contributed by atoms with Gasteiger partial charge in [0, 0.05) is 30.6 Å². The molecule has 1 heterocycles. The fourth-order valence-electron chi connectivity index (χ4n) is 7.00. The van der Waals surface area contributed by atoms with Crippen LogP contribution in [0.4, 0.5) is 0 Å². The largest absolute Gasteiger partial charge is 0.492 e. The number of nitrogens with zero attached hydrogens (tertiary/aromatic N) is 1. The van der Waals surface area contributed by atoms with E-state index < -0.39 is 5.41 Å². The van der Waals surface area contributed by atoms with Gasteiger partial charge in [-0.15, -0.1) is 0 Å². The summed E-state index contributed by atoms with van der Waals surface area (Å²) in [5, 5.41) is 3.52. The van der Waals surface area contributed by atoms with Gasteiger partial charge < -0.3 is 14.8 Å². The van der Waals surface area contributed by atoms with Crippen molar-refractivity contribution in [3.05, 3.63) is 96.1 Å². The summed E-state index contributed by atoms with van der Waals surface area (Å²) in [4.78, 5) is 16.4. The molecule has 2 fully saturated rings. The Hall–Kier alpha value is -3.31. The smallest absolute Gasteiger partial charge is 0.230 e. The van der Waals surface area contributed by atoms with Crippen molar-refractivity contribution in [3.63, 3.8) is 0 Å². The van der Waals surface area contributed by atoms with Crippen LogP contribution in [0.25, 0.3) is 0 Å². The van der Waals surface area contributed by atoms with Crippen molar-refractivity contribution in [1.82, 2.24) is 10.2 Å². The molecule has 1 saturated heterocycles. The van der Waals surface area contributed by atoms with E-state index in [2.05, 4.69) is 55.3 Å². The van der Waals surface area contributed by atoms with Crippen LogP contribution in [-0.4, -0.2) is 48.7 Å². The van der Waals surface area contributed by atoms with Crippen LogP contribution in [0, 0.1) is 5.92 Å². The molecule has 0 aromatic heterocycles. The Morgan fingerprint density at radius 3 is 2.37 bits per heavy atom. The van der Waals surface area contributed by atoms with E-state index in [0.717, 1.165) is 49.4 Å². The molecule has 2 bridgehead atoms. The molecule has 0 spiro atoms. The van der Waals surface area contributed by atoms with Gasteiger partial charge in [0.1, 0.15) is 18.1 Å². The second-order valence-electron chi connectivity index (χ2n) is 12.9. The third kappa shape index (κ3) is 6.46. The highest BCUT2D eigenvalue weighted by Gasteiger charge is 2.51. The van der Waals surface area contributed by atoms with Crippen LogP contribution in [0.2, 0.25) is 0 Å². The third-order valence-corrected chi connectivity index (χ3v) is 9.30. The molecule has 0 unspecified atom stereocenters. The highest BCUT2D eigenvalue weighted by atomic mass is 16.5. The molecule has 3 aromatic carbocycles. The van der Waals surface area contributed by atoms with Crippen LogP contribution in [0.1, 0.15) is 65.0 Å². The van der Waals surface area contributed by atoms with Gasteiger partial charge in [0.25, 0.3) is 0 Å². The van der Waals surface area contributed by atoms with Crippen LogP contribution < -0.4 is 14.8 Å². The van der Waals surface area contributed by atoms with E-state index in [9.17, 15) is 4.79 Å². The van der Waals surface area contributed by atoms with Crippen molar-refractivity contribution in [1.29, 1.82) is 0 Å². The van der Waals surface area contributed by atoms with Crippen molar-refractivity contribution in [2.45, 2.75) is 82.9 Å².